The lowest BCUT2D eigenvalue weighted by molar-refractivity contribution is -0.116. The zero-order valence-electron chi connectivity index (χ0n) is 15.5. The molecule has 0 saturated carbocycles. The van der Waals surface area contributed by atoms with Gasteiger partial charge in [0.15, 0.2) is 5.13 Å². The van der Waals surface area contributed by atoms with Crippen LogP contribution >= 0.6 is 23.1 Å². The summed E-state index contributed by atoms with van der Waals surface area (Å²) in [7, 11) is 0. The van der Waals surface area contributed by atoms with E-state index in [0.29, 0.717) is 12.3 Å². The smallest absolute Gasteiger partial charge is 0.239 e. The molecule has 28 heavy (non-hydrogen) atoms. The van der Waals surface area contributed by atoms with Gasteiger partial charge in [0.05, 0.1) is 22.5 Å². The van der Waals surface area contributed by atoms with Crippen molar-refractivity contribution in [3.63, 3.8) is 0 Å². The van der Waals surface area contributed by atoms with Crippen molar-refractivity contribution in [1.82, 2.24) is 4.98 Å². The summed E-state index contributed by atoms with van der Waals surface area (Å²) in [6.07, 6.45) is 0. The average Bonchev–Trinajstić information content (AvgIpc) is 3.17. The number of aromatic nitrogens is 1. The molecule has 4 rings (SSSR count). The number of thiazole rings is 1. The van der Waals surface area contributed by atoms with E-state index >= 15 is 0 Å². The van der Waals surface area contributed by atoms with E-state index in [0.717, 1.165) is 31.4 Å². The minimum absolute atomic E-state index is 0.0643. The highest BCUT2D eigenvalue weighted by Gasteiger charge is 2.20. The molecular weight excluding hydrogens is 384 g/mol. The largest absolute Gasteiger partial charge is 0.283 e. The quantitative estimate of drug-likeness (QED) is 0.373. The molecule has 0 N–H and O–H groups in total. The van der Waals surface area contributed by atoms with Gasteiger partial charge in [-0.3, -0.25) is 9.69 Å². The highest BCUT2D eigenvalue weighted by Crippen LogP contribution is 2.32. The van der Waals surface area contributed by atoms with Crippen LogP contribution in [0.4, 0.5) is 5.13 Å². The van der Waals surface area contributed by atoms with E-state index in [4.69, 9.17) is 4.98 Å². The number of hydrogen-bond donors (Lipinski definition) is 0. The van der Waals surface area contributed by atoms with E-state index in [1.807, 2.05) is 71.6 Å². The third kappa shape index (κ3) is 4.26. The molecule has 0 spiro atoms. The molecule has 0 radical (unpaired) electrons. The number of anilines is 1. The number of carbonyl (C=O) groups is 1. The van der Waals surface area contributed by atoms with Gasteiger partial charge in [-0.2, -0.15) is 0 Å². The minimum Gasteiger partial charge on any atom is -0.283 e. The van der Waals surface area contributed by atoms with E-state index in [1.54, 1.807) is 23.1 Å². The van der Waals surface area contributed by atoms with E-state index in [2.05, 4.69) is 19.1 Å². The third-order valence-electron chi connectivity index (χ3n) is 4.43. The standard InChI is InChI=1S/C23H20N2OS2/c1-17-9-8-14-20-22(17)24-23(28-20)25(15-18-10-4-2-5-11-18)21(26)16-27-19-12-6-3-7-13-19/h2-14H,15-16H2,1H3. The molecule has 0 bridgehead atoms. The lowest BCUT2D eigenvalue weighted by Gasteiger charge is -2.20. The molecule has 140 valence electrons. The van der Waals surface area contributed by atoms with Crippen LogP contribution in [-0.2, 0) is 11.3 Å². The summed E-state index contributed by atoms with van der Waals surface area (Å²) < 4.78 is 1.11. The number of aryl methyl sites for hydroxylation is 1. The van der Waals surface area contributed by atoms with Crippen molar-refractivity contribution < 1.29 is 4.79 Å². The van der Waals surface area contributed by atoms with Crippen molar-refractivity contribution in [1.29, 1.82) is 0 Å². The number of para-hydroxylation sites is 1. The zero-order chi connectivity index (χ0) is 19.3. The second kappa shape index (κ2) is 8.59. The van der Waals surface area contributed by atoms with Gasteiger partial charge in [0.1, 0.15) is 0 Å². The van der Waals surface area contributed by atoms with Crippen molar-refractivity contribution in [2.24, 2.45) is 0 Å². The monoisotopic (exact) mass is 404 g/mol. The number of hydrogen-bond acceptors (Lipinski definition) is 4. The Morgan fingerprint density at radius 2 is 1.68 bits per heavy atom. The predicted molar refractivity (Wildman–Crippen MR) is 119 cm³/mol. The van der Waals surface area contributed by atoms with Crippen LogP contribution in [-0.4, -0.2) is 16.6 Å². The minimum atomic E-state index is 0.0643. The molecule has 0 atom stereocenters. The summed E-state index contributed by atoms with van der Waals surface area (Å²) in [5.41, 5.74) is 3.20. The Morgan fingerprint density at radius 3 is 2.39 bits per heavy atom. The van der Waals surface area contributed by atoms with Gasteiger partial charge in [0, 0.05) is 4.90 Å². The van der Waals surface area contributed by atoms with Gasteiger partial charge in [-0.1, -0.05) is 72.0 Å². The van der Waals surface area contributed by atoms with Crippen LogP contribution < -0.4 is 4.90 Å². The molecule has 0 aliphatic rings. The van der Waals surface area contributed by atoms with Crippen LogP contribution in [0.15, 0.2) is 83.8 Å². The second-order valence-electron chi connectivity index (χ2n) is 6.49. The van der Waals surface area contributed by atoms with E-state index in [1.165, 1.54) is 0 Å². The molecule has 1 amide bonds. The highest BCUT2D eigenvalue weighted by molar-refractivity contribution is 8.00. The van der Waals surface area contributed by atoms with Crippen molar-refractivity contribution >= 4 is 44.4 Å². The Labute approximate surface area is 173 Å². The maximum atomic E-state index is 13.2. The number of rotatable bonds is 6. The Kier molecular flexibility index (Phi) is 5.74. The van der Waals surface area contributed by atoms with Gasteiger partial charge in [-0.05, 0) is 36.2 Å². The molecule has 3 nitrogen and oxygen atoms in total. The number of nitrogens with zero attached hydrogens (tertiary/aromatic N) is 2. The van der Waals surface area contributed by atoms with Gasteiger partial charge in [0.2, 0.25) is 5.91 Å². The Hall–Kier alpha value is -2.63. The number of amides is 1. The van der Waals surface area contributed by atoms with E-state index in [-0.39, 0.29) is 5.91 Å². The molecule has 0 unspecified atom stereocenters. The SMILES string of the molecule is Cc1cccc2sc(N(Cc3ccccc3)C(=O)CSc3ccccc3)nc12. The lowest BCUT2D eigenvalue weighted by Crippen LogP contribution is -2.31. The molecular formula is C23H20N2OS2. The number of thioether (sulfide) groups is 1. The number of carbonyl (C=O) groups excluding carboxylic acids is 1. The van der Waals surface area contributed by atoms with Crippen LogP contribution in [0.2, 0.25) is 0 Å². The van der Waals surface area contributed by atoms with Crippen LogP contribution in [0.25, 0.3) is 10.2 Å². The third-order valence-corrected chi connectivity index (χ3v) is 6.47. The van der Waals surface area contributed by atoms with Crippen LogP contribution in [0.5, 0.6) is 0 Å². The summed E-state index contributed by atoms with van der Waals surface area (Å²) in [6, 6.07) is 26.3. The first-order chi connectivity index (χ1) is 13.7. The van der Waals surface area contributed by atoms with Gasteiger partial charge in [-0.15, -0.1) is 11.8 Å². The topological polar surface area (TPSA) is 33.2 Å². The molecule has 3 aromatic carbocycles. The first-order valence-corrected chi connectivity index (χ1v) is 10.9. The number of fused-ring (bicyclic) bond motifs is 1. The predicted octanol–water partition coefficient (Wildman–Crippen LogP) is 5.93. The number of benzene rings is 3. The molecule has 5 heteroatoms. The van der Waals surface area contributed by atoms with Crippen molar-refractivity contribution in [2.45, 2.75) is 18.4 Å². The second-order valence-corrected chi connectivity index (χ2v) is 8.54. The van der Waals surface area contributed by atoms with Crippen LogP contribution in [0.1, 0.15) is 11.1 Å². The van der Waals surface area contributed by atoms with Crippen molar-refractivity contribution in [2.75, 3.05) is 10.7 Å². The Morgan fingerprint density at radius 1 is 0.964 bits per heavy atom. The molecule has 1 aromatic heterocycles. The fourth-order valence-electron chi connectivity index (χ4n) is 2.96. The molecule has 0 fully saturated rings. The molecule has 0 aliphatic carbocycles. The summed E-state index contributed by atoms with van der Waals surface area (Å²) in [5.74, 6) is 0.445. The summed E-state index contributed by atoms with van der Waals surface area (Å²) >= 11 is 3.13. The first-order valence-electron chi connectivity index (χ1n) is 9.09. The fraction of sp³-hybridized carbons (Fsp3) is 0.130. The molecule has 1 heterocycles. The summed E-state index contributed by atoms with van der Waals surface area (Å²) in [6.45, 7) is 2.58. The fourth-order valence-corrected chi connectivity index (χ4v) is 4.81. The van der Waals surface area contributed by atoms with E-state index < -0.39 is 0 Å². The van der Waals surface area contributed by atoms with E-state index in [9.17, 15) is 4.79 Å². The highest BCUT2D eigenvalue weighted by atomic mass is 32.2. The van der Waals surface area contributed by atoms with Crippen molar-refractivity contribution in [3.8, 4) is 0 Å². The normalized spacial score (nSPS) is 10.9. The first kappa shape index (κ1) is 18.7. The molecule has 0 saturated heterocycles. The van der Waals surface area contributed by atoms with Gasteiger partial charge < -0.3 is 0 Å². The summed E-state index contributed by atoms with van der Waals surface area (Å²) in [5, 5.41) is 0.756. The van der Waals surface area contributed by atoms with Crippen molar-refractivity contribution in [3.05, 3.63) is 90.0 Å². The maximum absolute atomic E-state index is 13.2. The van der Waals surface area contributed by atoms with Gasteiger partial charge in [-0.25, -0.2) is 4.98 Å². The maximum Gasteiger partial charge on any atom is 0.239 e. The molecule has 4 aromatic rings. The lowest BCUT2D eigenvalue weighted by atomic mass is 10.2. The van der Waals surface area contributed by atoms with Gasteiger partial charge >= 0.3 is 0 Å². The van der Waals surface area contributed by atoms with Crippen LogP contribution in [0.3, 0.4) is 0 Å². The van der Waals surface area contributed by atoms with Crippen LogP contribution in [0, 0.1) is 6.92 Å². The zero-order valence-corrected chi connectivity index (χ0v) is 17.2. The average molecular weight is 405 g/mol. The molecule has 0 aliphatic heterocycles. The summed E-state index contributed by atoms with van der Waals surface area (Å²) in [4.78, 5) is 20.9. The Balaban J connectivity index is 1.62. The Bertz CT molecular complexity index is 1080. The van der Waals surface area contributed by atoms with Gasteiger partial charge in [0.25, 0.3) is 0 Å².